The SMILES string of the molecule is O=NB(O)c1ccc(COCCN2CCOCC2)cc1. The molecule has 1 fully saturated rings. The molecule has 0 bridgehead atoms. The van der Waals surface area contributed by atoms with Crippen LogP contribution in [-0.2, 0) is 16.1 Å². The summed E-state index contributed by atoms with van der Waals surface area (Å²) in [5, 5.41) is 11.8. The second-order valence-corrected chi connectivity index (χ2v) is 4.73. The highest BCUT2D eigenvalue weighted by Gasteiger charge is 2.15. The second kappa shape index (κ2) is 8.11. The Balaban J connectivity index is 1.67. The van der Waals surface area contributed by atoms with Crippen molar-refractivity contribution in [2.75, 3.05) is 39.5 Å². The second-order valence-electron chi connectivity index (χ2n) is 4.73. The minimum Gasteiger partial charge on any atom is -0.425 e. The van der Waals surface area contributed by atoms with Crippen LogP contribution in [0.5, 0.6) is 0 Å². The van der Waals surface area contributed by atoms with Crippen LogP contribution in [0.25, 0.3) is 0 Å². The molecule has 2 rings (SSSR count). The van der Waals surface area contributed by atoms with E-state index < -0.39 is 7.05 Å². The first-order valence-electron chi connectivity index (χ1n) is 6.77. The van der Waals surface area contributed by atoms with Gasteiger partial charge < -0.3 is 14.5 Å². The number of benzene rings is 1. The first-order chi connectivity index (χ1) is 9.79. The first-order valence-corrected chi connectivity index (χ1v) is 6.77. The van der Waals surface area contributed by atoms with Crippen LogP contribution >= 0.6 is 0 Å². The highest BCUT2D eigenvalue weighted by molar-refractivity contribution is 6.64. The van der Waals surface area contributed by atoms with Crippen molar-refractivity contribution in [3.05, 3.63) is 34.7 Å². The number of morpholine rings is 1. The zero-order valence-corrected chi connectivity index (χ0v) is 11.4. The third kappa shape index (κ3) is 4.68. The maximum Gasteiger partial charge on any atom is 0.517 e. The quantitative estimate of drug-likeness (QED) is 0.431. The van der Waals surface area contributed by atoms with Crippen LogP contribution in [0.1, 0.15) is 5.56 Å². The smallest absolute Gasteiger partial charge is 0.425 e. The summed E-state index contributed by atoms with van der Waals surface area (Å²) < 4.78 is 10.9. The Kier molecular flexibility index (Phi) is 6.13. The van der Waals surface area contributed by atoms with Crippen molar-refractivity contribution in [3.8, 4) is 0 Å². The van der Waals surface area contributed by atoms with Crippen LogP contribution in [0.15, 0.2) is 29.4 Å². The van der Waals surface area contributed by atoms with Crippen molar-refractivity contribution < 1.29 is 14.5 Å². The summed E-state index contributed by atoms with van der Waals surface area (Å²) in [5.41, 5.74) is 1.51. The van der Waals surface area contributed by atoms with E-state index in [9.17, 15) is 9.93 Å². The van der Waals surface area contributed by atoms with E-state index in [2.05, 4.69) is 9.99 Å². The third-order valence-corrected chi connectivity index (χ3v) is 3.30. The average Bonchev–Trinajstić information content (AvgIpc) is 2.52. The molecule has 0 spiro atoms. The summed E-state index contributed by atoms with van der Waals surface area (Å²) in [5.74, 6) is 0. The van der Waals surface area contributed by atoms with Gasteiger partial charge in [0.05, 0.1) is 26.4 Å². The van der Waals surface area contributed by atoms with Crippen molar-refractivity contribution in [3.63, 3.8) is 0 Å². The number of hydrogen-bond donors (Lipinski definition) is 1. The van der Waals surface area contributed by atoms with Gasteiger partial charge in [0.25, 0.3) is 0 Å². The van der Waals surface area contributed by atoms with Gasteiger partial charge in [0.15, 0.2) is 0 Å². The number of ether oxygens (including phenoxy) is 2. The van der Waals surface area contributed by atoms with Gasteiger partial charge in [0.1, 0.15) is 0 Å². The lowest BCUT2D eigenvalue weighted by atomic mass is 9.76. The molecule has 108 valence electrons. The Morgan fingerprint density at radius 1 is 1.30 bits per heavy atom. The lowest BCUT2D eigenvalue weighted by Crippen LogP contribution is -2.38. The zero-order valence-electron chi connectivity index (χ0n) is 11.4. The van der Waals surface area contributed by atoms with E-state index >= 15 is 0 Å². The highest BCUT2D eigenvalue weighted by Crippen LogP contribution is 2.01. The van der Waals surface area contributed by atoms with Gasteiger partial charge in [-0.05, 0) is 11.0 Å². The highest BCUT2D eigenvalue weighted by atomic mass is 16.5. The van der Waals surface area contributed by atoms with Crippen LogP contribution in [0.3, 0.4) is 0 Å². The van der Waals surface area contributed by atoms with E-state index in [1.54, 1.807) is 12.1 Å². The van der Waals surface area contributed by atoms with Crippen LogP contribution in [0.2, 0.25) is 0 Å². The van der Waals surface area contributed by atoms with Gasteiger partial charge in [0, 0.05) is 19.6 Å². The predicted octanol–water partition coefficient (Wildman–Crippen LogP) is -0.0107. The summed E-state index contributed by atoms with van der Waals surface area (Å²) in [6.07, 6.45) is 0. The molecule has 1 aliphatic heterocycles. The Morgan fingerprint density at radius 3 is 2.65 bits per heavy atom. The lowest BCUT2D eigenvalue weighted by molar-refractivity contribution is 0.0180. The van der Waals surface area contributed by atoms with Gasteiger partial charge in [-0.2, -0.15) is 4.91 Å². The lowest BCUT2D eigenvalue weighted by Gasteiger charge is -2.26. The monoisotopic (exact) mass is 278 g/mol. The normalized spacial score (nSPS) is 16.1. The Morgan fingerprint density at radius 2 is 2.00 bits per heavy atom. The molecule has 1 aromatic carbocycles. The molecule has 0 atom stereocenters. The predicted molar refractivity (Wildman–Crippen MR) is 76.8 cm³/mol. The topological polar surface area (TPSA) is 71.4 Å². The van der Waals surface area contributed by atoms with E-state index in [1.165, 1.54) is 0 Å². The number of nitrogens with zero attached hydrogens (tertiary/aromatic N) is 2. The van der Waals surface area contributed by atoms with E-state index in [1.807, 2.05) is 12.1 Å². The maximum atomic E-state index is 10.2. The number of hydrogen-bond acceptors (Lipinski definition) is 6. The molecule has 0 aliphatic carbocycles. The summed E-state index contributed by atoms with van der Waals surface area (Å²) in [7, 11) is -1.29. The molecule has 1 aliphatic rings. The fourth-order valence-corrected chi connectivity index (χ4v) is 2.06. The molecule has 1 aromatic rings. The van der Waals surface area contributed by atoms with Crippen LogP contribution in [0.4, 0.5) is 0 Å². The number of rotatable bonds is 7. The average molecular weight is 278 g/mol. The van der Waals surface area contributed by atoms with Gasteiger partial charge in [-0.25, -0.2) is 0 Å². The minimum atomic E-state index is -1.29. The molecule has 20 heavy (non-hydrogen) atoms. The van der Waals surface area contributed by atoms with Gasteiger partial charge in [-0.3, -0.25) is 4.90 Å². The summed E-state index contributed by atoms with van der Waals surface area (Å²) in [6, 6.07) is 7.04. The first kappa shape index (κ1) is 15.1. The molecular weight excluding hydrogens is 259 g/mol. The van der Waals surface area contributed by atoms with Crippen LogP contribution < -0.4 is 5.46 Å². The van der Waals surface area contributed by atoms with Crippen molar-refractivity contribution in [2.45, 2.75) is 6.61 Å². The van der Waals surface area contributed by atoms with Gasteiger partial charge in [-0.15, -0.1) is 0 Å². The van der Waals surface area contributed by atoms with Gasteiger partial charge in [0.2, 0.25) is 0 Å². The summed E-state index contributed by atoms with van der Waals surface area (Å²) >= 11 is 0. The van der Waals surface area contributed by atoms with Gasteiger partial charge in [-0.1, -0.05) is 29.4 Å². The van der Waals surface area contributed by atoms with E-state index in [0.29, 0.717) is 18.7 Å². The molecule has 1 heterocycles. The van der Waals surface area contributed by atoms with E-state index in [4.69, 9.17) is 9.47 Å². The molecule has 6 nitrogen and oxygen atoms in total. The maximum absolute atomic E-state index is 10.2. The standard InChI is InChI=1S/C13H19BN2O4/c17-14(15-18)13-3-1-12(2-4-13)11-20-10-7-16-5-8-19-9-6-16/h1-4,17H,5-11H2. The fraction of sp³-hybridized carbons (Fsp3) is 0.538. The Labute approximate surface area is 118 Å². The molecule has 1 saturated heterocycles. The van der Waals surface area contributed by atoms with Crippen molar-refractivity contribution in [1.29, 1.82) is 0 Å². The molecule has 7 heteroatoms. The zero-order chi connectivity index (χ0) is 14.2. The molecule has 0 aromatic heterocycles. The molecular formula is C13H19BN2O4. The molecule has 0 saturated carbocycles. The van der Waals surface area contributed by atoms with Crippen molar-refractivity contribution in [2.24, 2.45) is 5.09 Å². The van der Waals surface area contributed by atoms with Crippen LogP contribution in [0, 0.1) is 4.91 Å². The van der Waals surface area contributed by atoms with Crippen molar-refractivity contribution >= 4 is 12.5 Å². The Hall–Kier alpha value is -1.28. The van der Waals surface area contributed by atoms with Crippen LogP contribution in [-0.4, -0.2) is 56.4 Å². The summed E-state index contributed by atoms with van der Waals surface area (Å²) in [6.45, 7) is 5.65. The number of nitroso groups, excluding NO2 is 1. The Bertz CT molecular complexity index is 409. The molecule has 0 unspecified atom stereocenters. The summed E-state index contributed by atoms with van der Waals surface area (Å²) in [4.78, 5) is 12.5. The molecule has 1 N–H and O–H groups in total. The third-order valence-electron chi connectivity index (χ3n) is 3.30. The minimum absolute atomic E-state index is 0.497. The van der Waals surface area contributed by atoms with Gasteiger partial charge >= 0.3 is 7.05 Å². The fourth-order valence-electron chi connectivity index (χ4n) is 2.06. The molecule has 0 radical (unpaired) electrons. The largest absolute Gasteiger partial charge is 0.517 e. The van der Waals surface area contributed by atoms with E-state index in [0.717, 1.165) is 38.4 Å². The van der Waals surface area contributed by atoms with Crippen molar-refractivity contribution in [1.82, 2.24) is 4.90 Å². The van der Waals surface area contributed by atoms with E-state index in [-0.39, 0.29) is 0 Å². The molecule has 0 amide bonds.